The molecular formula is C22H30N4O3. The van der Waals surface area contributed by atoms with Crippen LogP contribution in [0.4, 0.5) is 0 Å². The number of unbranched alkanes of at least 4 members (excludes halogenated alkanes) is 2. The van der Waals surface area contributed by atoms with E-state index < -0.39 is 0 Å². The summed E-state index contributed by atoms with van der Waals surface area (Å²) in [5, 5.41) is 5.87. The molecule has 0 fully saturated rings. The van der Waals surface area contributed by atoms with E-state index in [0.717, 1.165) is 62.1 Å². The number of ether oxygens (including phenoxy) is 1. The quantitative estimate of drug-likeness (QED) is 0.636. The lowest BCUT2D eigenvalue weighted by atomic mass is 10.1. The Hall–Kier alpha value is -2.83. The molecule has 1 aliphatic heterocycles. The first-order valence-corrected chi connectivity index (χ1v) is 10.4. The number of carbonyl (C=O) groups is 2. The fourth-order valence-corrected chi connectivity index (χ4v) is 3.56. The van der Waals surface area contributed by atoms with Gasteiger partial charge in [0.2, 0.25) is 0 Å². The normalized spacial score (nSPS) is 12.9. The molecule has 0 bridgehead atoms. The van der Waals surface area contributed by atoms with E-state index in [4.69, 9.17) is 4.74 Å². The Morgan fingerprint density at radius 1 is 1.10 bits per heavy atom. The van der Waals surface area contributed by atoms with Gasteiger partial charge in [-0.2, -0.15) is 0 Å². The number of carbonyl (C=O) groups excluding carboxylic acids is 2. The van der Waals surface area contributed by atoms with E-state index in [9.17, 15) is 9.59 Å². The standard InChI is InChI=1S/C22H30N4O3/c1-3-4-6-13-23-22(28)20-25-19(18-8-5-7-14-26(18)20)21(27)24-15-16-9-11-17(29-2)12-10-16/h9-12H,3-8,13-15H2,1-2H3,(H,23,28)(H,24,27). The molecule has 2 N–H and O–H groups in total. The number of fused-ring (bicyclic) bond motifs is 1. The molecule has 2 heterocycles. The van der Waals surface area contributed by atoms with Gasteiger partial charge in [-0.15, -0.1) is 0 Å². The van der Waals surface area contributed by atoms with Gasteiger partial charge >= 0.3 is 0 Å². The lowest BCUT2D eigenvalue weighted by Crippen LogP contribution is -2.28. The minimum atomic E-state index is -0.239. The molecule has 0 atom stereocenters. The Balaban J connectivity index is 1.69. The van der Waals surface area contributed by atoms with E-state index in [-0.39, 0.29) is 11.8 Å². The summed E-state index contributed by atoms with van der Waals surface area (Å²) in [7, 11) is 1.62. The van der Waals surface area contributed by atoms with E-state index in [0.29, 0.717) is 24.6 Å². The molecule has 2 aromatic rings. The lowest BCUT2D eigenvalue weighted by molar-refractivity contribution is 0.0937. The van der Waals surface area contributed by atoms with Crippen molar-refractivity contribution in [2.24, 2.45) is 0 Å². The monoisotopic (exact) mass is 398 g/mol. The van der Waals surface area contributed by atoms with Crippen LogP contribution in [0.25, 0.3) is 0 Å². The summed E-state index contributed by atoms with van der Waals surface area (Å²) in [6, 6.07) is 7.55. The van der Waals surface area contributed by atoms with Gasteiger partial charge in [0.1, 0.15) is 11.4 Å². The summed E-state index contributed by atoms with van der Waals surface area (Å²) in [5.74, 6) is 0.693. The molecule has 3 rings (SSSR count). The highest BCUT2D eigenvalue weighted by molar-refractivity contribution is 5.97. The average molecular weight is 399 g/mol. The molecular weight excluding hydrogens is 368 g/mol. The van der Waals surface area contributed by atoms with Crippen molar-refractivity contribution < 1.29 is 14.3 Å². The summed E-state index contributed by atoms with van der Waals surface area (Å²) in [4.78, 5) is 29.9. The van der Waals surface area contributed by atoms with Gasteiger partial charge in [-0.1, -0.05) is 31.9 Å². The molecule has 156 valence electrons. The Kier molecular flexibility index (Phi) is 7.27. The van der Waals surface area contributed by atoms with Gasteiger partial charge in [0, 0.05) is 19.6 Å². The number of hydrogen-bond donors (Lipinski definition) is 2. The number of hydrogen-bond acceptors (Lipinski definition) is 4. The predicted molar refractivity (Wildman–Crippen MR) is 111 cm³/mol. The first-order chi connectivity index (χ1) is 14.1. The van der Waals surface area contributed by atoms with Crippen molar-refractivity contribution in [1.29, 1.82) is 0 Å². The van der Waals surface area contributed by atoms with Crippen molar-refractivity contribution in [3.8, 4) is 5.75 Å². The number of methoxy groups -OCH3 is 1. The maximum Gasteiger partial charge on any atom is 0.287 e. The van der Waals surface area contributed by atoms with E-state index in [1.807, 2.05) is 28.8 Å². The van der Waals surface area contributed by atoms with Gasteiger partial charge in [-0.05, 0) is 43.4 Å². The number of nitrogens with one attached hydrogen (secondary N) is 2. The molecule has 1 aliphatic rings. The zero-order chi connectivity index (χ0) is 20.6. The fraction of sp³-hybridized carbons (Fsp3) is 0.500. The zero-order valence-electron chi connectivity index (χ0n) is 17.3. The highest BCUT2D eigenvalue weighted by Crippen LogP contribution is 2.21. The highest BCUT2D eigenvalue weighted by atomic mass is 16.5. The maximum absolute atomic E-state index is 12.8. The van der Waals surface area contributed by atoms with Gasteiger partial charge in [0.15, 0.2) is 5.82 Å². The zero-order valence-corrected chi connectivity index (χ0v) is 17.3. The molecule has 1 aromatic heterocycles. The third kappa shape index (κ3) is 5.16. The van der Waals surface area contributed by atoms with E-state index in [1.165, 1.54) is 0 Å². The summed E-state index contributed by atoms with van der Waals surface area (Å²) in [6.07, 6.45) is 5.90. The molecule has 1 aromatic carbocycles. The number of nitrogens with zero attached hydrogens (tertiary/aromatic N) is 2. The van der Waals surface area contributed by atoms with E-state index in [1.54, 1.807) is 7.11 Å². The Morgan fingerprint density at radius 3 is 2.62 bits per heavy atom. The minimum absolute atomic E-state index is 0.196. The van der Waals surface area contributed by atoms with Crippen molar-refractivity contribution in [2.75, 3.05) is 13.7 Å². The van der Waals surface area contributed by atoms with Gasteiger partial charge in [-0.25, -0.2) is 4.98 Å². The number of benzene rings is 1. The average Bonchev–Trinajstić information content (AvgIpc) is 3.15. The third-order valence-electron chi connectivity index (χ3n) is 5.21. The topological polar surface area (TPSA) is 85.2 Å². The number of rotatable bonds is 9. The number of imidazole rings is 1. The molecule has 0 spiro atoms. The molecule has 0 unspecified atom stereocenters. The molecule has 2 amide bonds. The molecule has 7 heteroatoms. The molecule has 0 saturated heterocycles. The van der Waals surface area contributed by atoms with Crippen LogP contribution >= 0.6 is 0 Å². The van der Waals surface area contributed by atoms with Crippen LogP contribution in [0.1, 0.15) is 71.4 Å². The second kappa shape index (κ2) is 10.1. The van der Waals surface area contributed by atoms with Gasteiger partial charge in [0.25, 0.3) is 11.8 Å². The van der Waals surface area contributed by atoms with Crippen LogP contribution in [-0.2, 0) is 19.5 Å². The maximum atomic E-state index is 12.8. The van der Waals surface area contributed by atoms with Crippen molar-refractivity contribution in [2.45, 2.75) is 58.5 Å². The second-order valence-electron chi connectivity index (χ2n) is 7.33. The van der Waals surface area contributed by atoms with Crippen molar-refractivity contribution in [3.63, 3.8) is 0 Å². The summed E-state index contributed by atoms with van der Waals surface area (Å²) >= 11 is 0. The fourth-order valence-electron chi connectivity index (χ4n) is 3.56. The van der Waals surface area contributed by atoms with Crippen molar-refractivity contribution in [1.82, 2.24) is 20.2 Å². The van der Waals surface area contributed by atoms with Gasteiger partial charge in [-0.3, -0.25) is 9.59 Å². The smallest absolute Gasteiger partial charge is 0.287 e. The van der Waals surface area contributed by atoms with Crippen LogP contribution < -0.4 is 15.4 Å². The largest absolute Gasteiger partial charge is 0.497 e. The molecule has 0 saturated carbocycles. The summed E-state index contributed by atoms with van der Waals surface area (Å²) < 4.78 is 7.07. The summed E-state index contributed by atoms with van der Waals surface area (Å²) in [5.41, 5.74) is 2.21. The van der Waals surface area contributed by atoms with Gasteiger partial charge in [0.05, 0.1) is 12.8 Å². The minimum Gasteiger partial charge on any atom is -0.497 e. The Bertz CT molecular complexity index is 842. The lowest BCUT2D eigenvalue weighted by Gasteiger charge is -2.17. The second-order valence-corrected chi connectivity index (χ2v) is 7.33. The van der Waals surface area contributed by atoms with Crippen LogP contribution in [0.3, 0.4) is 0 Å². The molecule has 0 radical (unpaired) electrons. The predicted octanol–water partition coefficient (Wildman–Crippen LogP) is 3.08. The van der Waals surface area contributed by atoms with Crippen molar-refractivity contribution >= 4 is 11.8 Å². The van der Waals surface area contributed by atoms with Crippen LogP contribution in [0.2, 0.25) is 0 Å². The van der Waals surface area contributed by atoms with Crippen molar-refractivity contribution in [3.05, 3.63) is 47.0 Å². The number of aromatic nitrogens is 2. The van der Waals surface area contributed by atoms with Crippen LogP contribution in [-0.4, -0.2) is 35.0 Å². The Morgan fingerprint density at radius 2 is 1.90 bits per heavy atom. The first kappa shape index (κ1) is 20.9. The molecule has 0 aliphatic carbocycles. The third-order valence-corrected chi connectivity index (χ3v) is 5.21. The van der Waals surface area contributed by atoms with Crippen LogP contribution in [0, 0.1) is 0 Å². The van der Waals surface area contributed by atoms with Gasteiger partial charge < -0.3 is 19.9 Å². The van der Waals surface area contributed by atoms with Crippen LogP contribution in [0.15, 0.2) is 24.3 Å². The Labute approximate surface area is 171 Å². The SMILES string of the molecule is CCCCCNC(=O)c1nc(C(=O)NCc2ccc(OC)cc2)c2n1CCCC2. The molecule has 7 nitrogen and oxygen atoms in total. The summed E-state index contributed by atoms with van der Waals surface area (Å²) in [6.45, 7) is 3.89. The molecule has 29 heavy (non-hydrogen) atoms. The number of amides is 2. The van der Waals surface area contributed by atoms with E-state index >= 15 is 0 Å². The van der Waals surface area contributed by atoms with E-state index in [2.05, 4.69) is 22.5 Å². The first-order valence-electron chi connectivity index (χ1n) is 10.4. The van der Waals surface area contributed by atoms with Crippen LogP contribution in [0.5, 0.6) is 5.75 Å². The highest BCUT2D eigenvalue weighted by Gasteiger charge is 2.27.